The van der Waals surface area contributed by atoms with Gasteiger partial charge < -0.3 is 24.6 Å². The van der Waals surface area contributed by atoms with Crippen LogP contribution in [-0.2, 0) is 19.0 Å². The Morgan fingerprint density at radius 2 is 1.74 bits per heavy atom. The maximum atomic E-state index is 13.4. The van der Waals surface area contributed by atoms with Crippen LogP contribution in [0.2, 0.25) is 0 Å². The van der Waals surface area contributed by atoms with Crippen molar-refractivity contribution in [2.45, 2.75) is 150 Å². The molecule has 6 nitrogen and oxygen atoms in total. The Labute approximate surface area is 280 Å². The molecule has 12 atom stereocenters. The van der Waals surface area contributed by atoms with Crippen molar-refractivity contribution < 1.29 is 24.1 Å². The van der Waals surface area contributed by atoms with E-state index in [-0.39, 0.29) is 56.8 Å². The molecule has 0 aromatic carbocycles. The van der Waals surface area contributed by atoms with Crippen LogP contribution in [0.15, 0.2) is 11.6 Å². The third-order valence-electron chi connectivity index (χ3n) is 16.7. The van der Waals surface area contributed by atoms with E-state index in [1.165, 1.54) is 32.1 Å². The van der Waals surface area contributed by atoms with Crippen molar-refractivity contribution in [1.29, 1.82) is 0 Å². The number of hydrogen-bond donors (Lipinski definition) is 2. The molecule has 0 aromatic heterocycles. The third-order valence-corrected chi connectivity index (χ3v) is 16.7. The highest BCUT2D eigenvalue weighted by Crippen LogP contribution is 2.75. The van der Waals surface area contributed by atoms with Crippen molar-refractivity contribution in [2.75, 3.05) is 27.4 Å². The first-order valence-electron chi connectivity index (χ1n) is 19.0. The Kier molecular flexibility index (Phi) is 8.98. The van der Waals surface area contributed by atoms with Crippen molar-refractivity contribution in [1.82, 2.24) is 5.32 Å². The van der Waals surface area contributed by atoms with Gasteiger partial charge >= 0.3 is 5.97 Å². The highest BCUT2D eigenvalue weighted by molar-refractivity contribution is 5.73. The molecule has 2 N–H and O–H groups in total. The van der Waals surface area contributed by atoms with Crippen LogP contribution < -0.4 is 5.32 Å². The molecule has 0 aromatic rings. The van der Waals surface area contributed by atoms with Crippen LogP contribution >= 0.6 is 0 Å². The molecule has 1 saturated heterocycles. The van der Waals surface area contributed by atoms with Crippen LogP contribution in [0.4, 0.5) is 0 Å². The molecule has 1 heterocycles. The van der Waals surface area contributed by atoms with E-state index in [1.54, 1.807) is 5.57 Å². The summed E-state index contributed by atoms with van der Waals surface area (Å²) in [6.07, 6.45) is 14.9. The Bertz CT molecular complexity index is 1190. The zero-order chi connectivity index (χ0) is 33.5. The number of rotatable bonds is 8. The molecule has 0 radical (unpaired) electrons. The average Bonchev–Trinajstić information content (AvgIpc) is 3.02. The monoisotopic (exact) mass is 642 g/mol. The minimum Gasteiger partial charge on any atom is -0.481 e. The summed E-state index contributed by atoms with van der Waals surface area (Å²) in [7, 11) is 4.00. The first-order chi connectivity index (χ1) is 21.6. The first-order valence-corrected chi connectivity index (χ1v) is 19.0. The highest BCUT2D eigenvalue weighted by Gasteiger charge is 2.73. The van der Waals surface area contributed by atoms with Gasteiger partial charge in [-0.25, -0.2) is 0 Å². The second-order valence-electron chi connectivity index (χ2n) is 18.5. The molecule has 262 valence electrons. The second-order valence-corrected chi connectivity index (χ2v) is 18.5. The van der Waals surface area contributed by atoms with Crippen LogP contribution in [0.1, 0.15) is 126 Å². The number of carboxylic acids is 1. The van der Waals surface area contributed by atoms with Gasteiger partial charge in [-0.3, -0.25) is 4.79 Å². The van der Waals surface area contributed by atoms with Crippen molar-refractivity contribution in [2.24, 2.45) is 56.7 Å². The van der Waals surface area contributed by atoms with Gasteiger partial charge in [0.15, 0.2) is 0 Å². The minimum atomic E-state index is -0.594. The molecule has 0 amide bonds. The summed E-state index contributed by atoms with van der Waals surface area (Å²) >= 11 is 0. The fraction of sp³-hybridized carbons (Fsp3) is 0.925. The summed E-state index contributed by atoms with van der Waals surface area (Å²) in [6, 6.07) is 0. The summed E-state index contributed by atoms with van der Waals surface area (Å²) in [4.78, 5) is 13.4. The van der Waals surface area contributed by atoms with E-state index in [2.05, 4.69) is 73.8 Å². The lowest BCUT2D eigenvalue weighted by Gasteiger charge is -2.72. The van der Waals surface area contributed by atoms with Gasteiger partial charge in [-0.15, -0.1) is 0 Å². The Morgan fingerprint density at radius 3 is 2.35 bits per heavy atom. The van der Waals surface area contributed by atoms with E-state index in [0.717, 1.165) is 45.1 Å². The van der Waals surface area contributed by atoms with Crippen LogP contribution in [0, 0.1) is 56.7 Å². The maximum absolute atomic E-state index is 13.4. The summed E-state index contributed by atoms with van der Waals surface area (Å²) in [5, 5.41) is 14.7. The lowest BCUT2D eigenvalue weighted by Crippen LogP contribution is -2.72. The average molecular weight is 642 g/mol. The molecule has 46 heavy (non-hydrogen) atoms. The SMILES string of the molecule is CNC1(CO[C@H]2[C@H](OC)C[C@]34C5=CC[C@@]6(C)[C@H](C(=O)O)[C@@](C)([C@H](C)C(C)C)CC[C@]6(C)[C@H]5CC[C@H]3[C@@]2(C)CO[C@H]4C)CCCCC1. The Morgan fingerprint density at radius 1 is 1.04 bits per heavy atom. The van der Waals surface area contributed by atoms with Gasteiger partial charge in [-0.2, -0.15) is 0 Å². The molecule has 6 heteroatoms. The van der Waals surface area contributed by atoms with E-state index in [0.29, 0.717) is 30.3 Å². The Hall–Kier alpha value is -0.950. The molecule has 1 aliphatic heterocycles. The second kappa shape index (κ2) is 11.8. The van der Waals surface area contributed by atoms with Crippen LogP contribution in [0.5, 0.6) is 0 Å². The molecule has 0 unspecified atom stereocenters. The first kappa shape index (κ1) is 34.9. The summed E-state index contributed by atoms with van der Waals surface area (Å²) in [5.74, 6) is 0.647. The number of likely N-dealkylation sites (N-methyl/N-ethyl adjacent to an activating group) is 1. The molecule has 6 rings (SSSR count). The van der Waals surface area contributed by atoms with Crippen LogP contribution in [0.3, 0.4) is 0 Å². The lowest BCUT2D eigenvalue weighted by atomic mass is 9.34. The van der Waals surface area contributed by atoms with Gasteiger partial charge in [0.05, 0.1) is 37.4 Å². The van der Waals surface area contributed by atoms with Crippen molar-refractivity contribution in [3.8, 4) is 0 Å². The maximum Gasteiger partial charge on any atom is 0.307 e. The number of aliphatic carboxylic acids is 1. The van der Waals surface area contributed by atoms with E-state index in [9.17, 15) is 9.90 Å². The number of allylic oxidation sites excluding steroid dienone is 1. The van der Waals surface area contributed by atoms with Gasteiger partial charge in [0.25, 0.3) is 0 Å². The fourth-order valence-electron chi connectivity index (χ4n) is 13.3. The number of nitrogens with one attached hydrogen (secondary N) is 1. The molecule has 0 spiro atoms. The zero-order valence-electron chi connectivity index (χ0n) is 31.0. The Balaban J connectivity index is 1.38. The third kappa shape index (κ3) is 4.64. The number of hydrogen-bond acceptors (Lipinski definition) is 5. The molecule has 2 bridgehead atoms. The number of ether oxygens (including phenoxy) is 3. The van der Waals surface area contributed by atoms with E-state index >= 15 is 0 Å². The van der Waals surface area contributed by atoms with Gasteiger partial charge in [0.1, 0.15) is 0 Å². The smallest absolute Gasteiger partial charge is 0.307 e. The fourth-order valence-corrected chi connectivity index (χ4v) is 13.3. The zero-order valence-corrected chi connectivity index (χ0v) is 31.0. The number of methoxy groups -OCH3 is 1. The van der Waals surface area contributed by atoms with E-state index < -0.39 is 5.97 Å². The predicted octanol–water partition coefficient (Wildman–Crippen LogP) is 8.29. The quantitative estimate of drug-likeness (QED) is 0.260. The number of carboxylic acid groups (broad SMARTS) is 1. The lowest BCUT2D eigenvalue weighted by molar-refractivity contribution is -0.288. The summed E-state index contributed by atoms with van der Waals surface area (Å²) in [5.41, 5.74) is 0.744. The van der Waals surface area contributed by atoms with E-state index in [1.807, 2.05) is 7.11 Å². The van der Waals surface area contributed by atoms with E-state index in [4.69, 9.17) is 14.2 Å². The van der Waals surface area contributed by atoms with Crippen molar-refractivity contribution >= 4 is 5.97 Å². The summed E-state index contributed by atoms with van der Waals surface area (Å²) < 4.78 is 20.4. The van der Waals surface area contributed by atoms with Gasteiger partial charge in [0, 0.05) is 23.5 Å². The van der Waals surface area contributed by atoms with Gasteiger partial charge in [-0.05, 0) is 105 Å². The van der Waals surface area contributed by atoms with Gasteiger partial charge in [0.2, 0.25) is 0 Å². The molecular formula is C40H67NO5. The normalized spacial score (nSPS) is 48.9. The predicted molar refractivity (Wildman–Crippen MR) is 184 cm³/mol. The topological polar surface area (TPSA) is 77.0 Å². The molecule has 6 aliphatic rings. The largest absolute Gasteiger partial charge is 0.481 e. The van der Waals surface area contributed by atoms with Crippen molar-refractivity contribution in [3.63, 3.8) is 0 Å². The molecule has 4 saturated carbocycles. The number of fused-ring (bicyclic) bond motifs is 3. The standard InChI is InChI=1S/C40H67NO5/c1-25(2)26(3)35(5)20-21-37(7)28-14-15-31-36(6)23-45-27(4)40(31,29(28)16-19-38(37,8)32(35)34(42)43)22-30(44-10)33(36)46-24-39(41-9)17-12-11-13-18-39/h16,25-28,30-33,41H,11-15,17-24H2,1-10H3,(H,42,43)/t26-,27+,28+,30-,31+,32-,33+,35-,36-,37-,38+,40+/m1/s1. The molecule has 5 fully saturated rings. The van der Waals surface area contributed by atoms with Crippen LogP contribution in [-0.4, -0.2) is 62.3 Å². The summed E-state index contributed by atoms with van der Waals surface area (Å²) in [6.45, 7) is 20.2. The number of carbonyl (C=O) groups is 1. The van der Waals surface area contributed by atoms with Crippen LogP contribution in [0.25, 0.3) is 0 Å². The molecular weight excluding hydrogens is 574 g/mol. The van der Waals surface area contributed by atoms with Crippen molar-refractivity contribution in [3.05, 3.63) is 11.6 Å². The highest BCUT2D eigenvalue weighted by atomic mass is 16.5. The minimum absolute atomic E-state index is 0.000769. The van der Waals surface area contributed by atoms with Gasteiger partial charge in [-0.1, -0.05) is 79.4 Å². The molecule has 5 aliphatic carbocycles.